The summed E-state index contributed by atoms with van der Waals surface area (Å²) in [6.07, 6.45) is 0.341. The maximum Gasteiger partial charge on any atom is 0.320 e. The smallest absolute Gasteiger partial charge is 0.320 e. The summed E-state index contributed by atoms with van der Waals surface area (Å²) in [7, 11) is 0. The summed E-state index contributed by atoms with van der Waals surface area (Å²) in [4.78, 5) is 24.8. The van der Waals surface area contributed by atoms with E-state index in [1.807, 2.05) is 24.3 Å². The first kappa shape index (κ1) is 13.2. The van der Waals surface area contributed by atoms with E-state index < -0.39 is 5.41 Å². The molecule has 0 amide bonds. The van der Waals surface area contributed by atoms with Crippen LogP contribution in [0.2, 0.25) is 0 Å². The van der Waals surface area contributed by atoms with Crippen LogP contribution in [0.4, 0.5) is 0 Å². The number of hydrogen-bond acceptors (Lipinski definition) is 4. The lowest BCUT2D eigenvalue weighted by molar-refractivity contribution is -0.154. The average Bonchev–Trinajstić information content (AvgIpc) is 3.17. The molecule has 1 aromatic carbocycles. The molecule has 1 fully saturated rings. The van der Waals surface area contributed by atoms with Gasteiger partial charge in [-0.2, -0.15) is 0 Å². The van der Waals surface area contributed by atoms with Gasteiger partial charge in [0.1, 0.15) is 11.2 Å². The van der Waals surface area contributed by atoms with Crippen LogP contribution < -0.4 is 4.74 Å². The second-order valence-corrected chi connectivity index (χ2v) is 5.30. The molecule has 106 valence electrons. The largest absolute Gasteiger partial charge is 0.493 e. The first-order valence-electron chi connectivity index (χ1n) is 7.10. The number of carbonyl (C=O) groups is 2. The Hall–Kier alpha value is -1.84. The number of ketones is 1. The van der Waals surface area contributed by atoms with E-state index in [0.717, 1.165) is 11.3 Å². The molecule has 20 heavy (non-hydrogen) atoms. The minimum atomic E-state index is -1.02. The monoisotopic (exact) mass is 274 g/mol. The maximum atomic E-state index is 12.4. The molecular weight excluding hydrogens is 256 g/mol. The number of carbonyl (C=O) groups excluding carboxylic acids is 2. The molecule has 1 aliphatic carbocycles. The van der Waals surface area contributed by atoms with Gasteiger partial charge in [0.15, 0.2) is 5.78 Å². The van der Waals surface area contributed by atoms with Crippen LogP contribution in [0, 0.1) is 11.3 Å². The number of rotatable bonds is 4. The summed E-state index contributed by atoms with van der Waals surface area (Å²) < 4.78 is 10.9. The highest BCUT2D eigenvalue weighted by molar-refractivity contribution is 6.09. The Morgan fingerprint density at radius 3 is 2.80 bits per heavy atom. The van der Waals surface area contributed by atoms with Gasteiger partial charge in [-0.05, 0) is 18.6 Å². The van der Waals surface area contributed by atoms with Gasteiger partial charge in [0.2, 0.25) is 0 Å². The Labute approximate surface area is 118 Å². The molecule has 1 aromatic rings. The van der Waals surface area contributed by atoms with Crippen LogP contribution in [0.1, 0.15) is 31.7 Å². The molecule has 3 atom stereocenters. The Balaban J connectivity index is 2.04. The maximum absolute atomic E-state index is 12.4. The van der Waals surface area contributed by atoms with Crippen LogP contribution in [-0.4, -0.2) is 25.0 Å². The zero-order valence-electron chi connectivity index (χ0n) is 11.7. The summed E-state index contributed by atoms with van der Waals surface area (Å²) in [6.45, 7) is 4.25. The van der Waals surface area contributed by atoms with Gasteiger partial charge >= 0.3 is 5.97 Å². The average molecular weight is 274 g/mol. The number of hydrogen-bond donors (Lipinski definition) is 0. The number of benzene rings is 1. The normalized spacial score (nSPS) is 29.7. The predicted octanol–water partition coefficient (Wildman–Crippen LogP) is 2.32. The van der Waals surface area contributed by atoms with E-state index in [4.69, 9.17) is 9.47 Å². The Bertz CT molecular complexity index is 565. The highest BCUT2D eigenvalue weighted by Gasteiger charge is 2.76. The van der Waals surface area contributed by atoms with Crippen molar-refractivity contribution in [2.24, 2.45) is 11.3 Å². The molecule has 4 heteroatoms. The van der Waals surface area contributed by atoms with Crippen molar-refractivity contribution in [3.8, 4) is 5.75 Å². The summed E-state index contributed by atoms with van der Waals surface area (Å²) in [5.41, 5.74) is -0.0595. The lowest BCUT2D eigenvalue weighted by Gasteiger charge is -2.15. The van der Waals surface area contributed by atoms with E-state index in [-0.39, 0.29) is 23.6 Å². The van der Waals surface area contributed by atoms with Gasteiger partial charge < -0.3 is 9.47 Å². The molecule has 1 heterocycles. The zero-order chi connectivity index (χ0) is 14.3. The molecule has 1 aliphatic heterocycles. The SMILES string of the molecule is CCOC(=O)C1(C(=O)CC)C2COc3ccccc3C21. The van der Waals surface area contributed by atoms with Gasteiger partial charge in [0, 0.05) is 18.3 Å². The molecule has 0 bridgehead atoms. The zero-order valence-corrected chi connectivity index (χ0v) is 11.7. The van der Waals surface area contributed by atoms with Crippen molar-refractivity contribution in [2.75, 3.05) is 13.2 Å². The van der Waals surface area contributed by atoms with E-state index >= 15 is 0 Å². The van der Waals surface area contributed by atoms with Gasteiger partial charge in [-0.25, -0.2) is 0 Å². The van der Waals surface area contributed by atoms with E-state index in [0.29, 0.717) is 19.6 Å². The molecule has 0 radical (unpaired) electrons. The number of Topliss-reactive ketones (excluding diaryl/α,β-unsaturated/α-hetero) is 1. The van der Waals surface area contributed by atoms with Crippen molar-refractivity contribution < 1.29 is 19.1 Å². The highest BCUT2D eigenvalue weighted by Crippen LogP contribution is 2.69. The minimum Gasteiger partial charge on any atom is -0.493 e. The van der Waals surface area contributed by atoms with Gasteiger partial charge in [0.05, 0.1) is 13.2 Å². The Morgan fingerprint density at radius 2 is 2.10 bits per heavy atom. The van der Waals surface area contributed by atoms with Crippen molar-refractivity contribution in [3.63, 3.8) is 0 Å². The second kappa shape index (κ2) is 4.62. The number of esters is 1. The van der Waals surface area contributed by atoms with Crippen molar-refractivity contribution in [2.45, 2.75) is 26.2 Å². The second-order valence-electron chi connectivity index (χ2n) is 5.30. The summed E-state index contributed by atoms with van der Waals surface area (Å²) in [5.74, 6) is 0.195. The molecule has 1 saturated carbocycles. The number of ether oxygens (including phenoxy) is 2. The molecule has 0 N–H and O–H groups in total. The Kier molecular flexibility index (Phi) is 3.04. The van der Waals surface area contributed by atoms with Crippen LogP contribution in [-0.2, 0) is 14.3 Å². The standard InChI is InChI=1S/C16H18O4/c1-3-13(17)16(15(18)19-4-2)11-9-20-12-8-6-5-7-10(12)14(11)16/h5-8,11,14H,3-4,9H2,1-2H3. The number of fused-ring (bicyclic) bond motifs is 3. The van der Waals surface area contributed by atoms with Crippen LogP contribution in [0.5, 0.6) is 5.75 Å². The first-order valence-corrected chi connectivity index (χ1v) is 7.10. The van der Waals surface area contributed by atoms with Crippen molar-refractivity contribution in [3.05, 3.63) is 29.8 Å². The lowest BCUT2D eigenvalue weighted by atomic mass is 9.92. The van der Waals surface area contributed by atoms with Gasteiger partial charge in [-0.1, -0.05) is 25.1 Å². The molecule has 3 unspecified atom stereocenters. The predicted molar refractivity (Wildman–Crippen MR) is 72.5 cm³/mol. The summed E-state index contributed by atoms with van der Waals surface area (Å²) in [5, 5.41) is 0. The fraction of sp³-hybridized carbons (Fsp3) is 0.500. The number of para-hydroxylation sites is 1. The van der Waals surface area contributed by atoms with Crippen LogP contribution in [0.25, 0.3) is 0 Å². The van der Waals surface area contributed by atoms with Crippen molar-refractivity contribution in [1.29, 1.82) is 0 Å². The van der Waals surface area contributed by atoms with Crippen molar-refractivity contribution in [1.82, 2.24) is 0 Å². The van der Waals surface area contributed by atoms with Gasteiger partial charge in [0.25, 0.3) is 0 Å². The fourth-order valence-corrected chi connectivity index (χ4v) is 3.51. The molecule has 3 rings (SSSR count). The molecule has 2 aliphatic rings. The van der Waals surface area contributed by atoms with E-state index in [2.05, 4.69) is 0 Å². The molecular formula is C16H18O4. The minimum absolute atomic E-state index is 0.0359. The third-order valence-electron chi connectivity index (χ3n) is 4.44. The van der Waals surface area contributed by atoms with Crippen LogP contribution in [0.3, 0.4) is 0 Å². The van der Waals surface area contributed by atoms with E-state index in [1.54, 1.807) is 13.8 Å². The van der Waals surface area contributed by atoms with Gasteiger partial charge in [-0.15, -0.1) is 0 Å². The Morgan fingerprint density at radius 1 is 1.35 bits per heavy atom. The van der Waals surface area contributed by atoms with Gasteiger partial charge in [-0.3, -0.25) is 9.59 Å². The first-order chi connectivity index (χ1) is 9.67. The van der Waals surface area contributed by atoms with Crippen LogP contribution in [0.15, 0.2) is 24.3 Å². The molecule has 0 saturated heterocycles. The third-order valence-corrected chi connectivity index (χ3v) is 4.44. The van der Waals surface area contributed by atoms with Crippen LogP contribution >= 0.6 is 0 Å². The molecule has 0 spiro atoms. The summed E-state index contributed by atoms with van der Waals surface area (Å²) >= 11 is 0. The van der Waals surface area contributed by atoms with E-state index in [1.165, 1.54) is 0 Å². The quantitative estimate of drug-likeness (QED) is 0.624. The lowest BCUT2D eigenvalue weighted by Crippen LogP contribution is -2.31. The molecule has 4 nitrogen and oxygen atoms in total. The van der Waals surface area contributed by atoms with Crippen molar-refractivity contribution >= 4 is 11.8 Å². The highest BCUT2D eigenvalue weighted by atomic mass is 16.5. The van der Waals surface area contributed by atoms with E-state index in [9.17, 15) is 9.59 Å². The fourth-order valence-electron chi connectivity index (χ4n) is 3.51. The molecule has 0 aromatic heterocycles. The summed E-state index contributed by atoms with van der Waals surface area (Å²) in [6, 6.07) is 7.64. The third kappa shape index (κ3) is 1.54. The topological polar surface area (TPSA) is 52.6 Å².